The minimum absolute atomic E-state index is 0.0340. The molecule has 0 spiro atoms. The lowest BCUT2D eigenvalue weighted by molar-refractivity contribution is 0.0770. The van der Waals surface area contributed by atoms with E-state index in [0.717, 1.165) is 0 Å². The zero-order valence-electron chi connectivity index (χ0n) is 5.58. The summed E-state index contributed by atoms with van der Waals surface area (Å²) in [5.41, 5.74) is 4.03. The molecular weight excluding hydrogens is 154 g/mol. The summed E-state index contributed by atoms with van der Waals surface area (Å²) in [5, 5.41) is 9.33. The fraction of sp³-hybridized carbons (Fsp3) is 1.00. The van der Waals surface area contributed by atoms with Crippen LogP contribution in [0.25, 0.3) is 0 Å². The average Bonchev–Trinajstić information content (AvgIpc) is 2.08. The van der Waals surface area contributed by atoms with E-state index in [0.29, 0.717) is 0 Å². The molecule has 0 aromatic rings. The van der Waals surface area contributed by atoms with E-state index >= 15 is 0 Å². The third-order valence-corrected chi connectivity index (χ3v) is 3.55. The van der Waals surface area contributed by atoms with Gasteiger partial charge in [-0.1, -0.05) is 0 Å². The first-order valence-corrected chi connectivity index (χ1v) is 4.92. The molecule has 60 valence electrons. The van der Waals surface area contributed by atoms with Crippen LogP contribution < -0.4 is 5.73 Å². The van der Waals surface area contributed by atoms with Crippen LogP contribution in [0.15, 0.2) is 0 Å². The van der Waals surface area contributed by atoms with Gasteiger partial charge in [-0.25, -0.2) is 8.42 Å². The highest BCUT2D eigenvalue weighted by Crippen LogP contribution is 2.21. The summed E-state index contributed by atoms with van der Waals surface area (Å²) < 4.78 is 21.6. The Kier molecular flexibility index (Phi) is 1.74. The van der Waals surface area contributed by atoms with Gasteiger partial charge in [-0.15, -0.1) is 0 Å². The molecule has 0 amide bonds. The molecule has 10 heavy (non-hydrogen) atoms. The van der Waals surface area contributed by atoms with Crippen molar-refractivity contribution in [3.63, 3.8) is 0 Å². The lowest BCUT2D eigenvalue weighted by Crippen LogP contribution is -2.38. The smallest absolute Gasteiger partial charge is 0.153 e. The van der Waals surface area contributed by atoms with Crippen LogP contribution in [0.2, 0.25) is 0 Å². The van der Waals surface area contributed by atoms with Crippen LogP contribution in [0.3, 0.4) is 0 Å². The van der Waals surface area contributed by atoms with E-state index in [1.165, 1.54) is 0 Å². The molecule has 0 radical (unpaired) electrons. The summed E-state index contributed by atoms with van der Waals surface area (Å²) in [6.45, 7) is 0.0340. The predicted octanol–water partition coefficient (Wildman–Crippen LogP) is -1.51. The number of sulfone groups is 1. The van der Waals surface area contributed by atoms with Gasteiger partial charge in [0, 0.05) is 6.54 Å². The molecule has 0 aromatic heterocycles. The minimum Gasteiger partial charge on any atom is -0.387 e. The van der Waals surface area contributed by atoms with E-state index in [1.54, 1.807) is 0 Å². The van der Waals surface area contributed by atoms with Gasteiger partial charge in [-0.3, -0.25) is 0 Å². The standard InChI is InChI=1S/C5H11NO3S/c6-3-5(7)1-2-10(8,9)4-5/h7H,1-4,6H2. The van der Waals surface area contributed by atoms with Gasteiger partial charge in [-0.2, -0.15) is 0 Å². The van der Waals surface area contributed by atoms with E-state index < -0.39 is 15.4 Å². The Hall–Kier alpha value is -0.130. The summed E-state index contributed by atoms with van der Waals surface area (Å²) in [6, 6.07) is 0. The van der Waals surface area contributed by atoms with E-state index in [-0.39, 0.29) is 24.5 Å². The van der Waals surface area contributed by atoms with Crippen molar-refractivity contribution in [3.05, 3.63) is 0 Å². The zero-order chi connectivity index (χ0) is 7.83. The van der Waals surface area contributed by atoms with Gasteiger partial charge in [0.05, 0.1) is 17.1 Å². The molecule has 3 N–H and O–H groups in total. The Bertz CT molecular complexity index is 223. The Morgan fingerprint density at radius 1 is 1.60 bits per heavy atom. The first kappa shape index (κ1) is 7.97. The van der Waals surface area contributed by atoms with Crippen LogP contribution in [0.1, 0.15) is 6.42 Å². The summed E-state index contributed by atoms with van der Waals surface area (Å²) in [4.78, 5) is 0. The van der Waals surface area contributed by atoms with Crippen molar-refractivity contribution < 1.29 is 13.5 Å². The highest BCUT2D eigenvalue weighted by Gasteiger charge is 2.39. The lowest BCUT2D eigenvalue weighted by Gasteiger charge is -2.16. The summed E-state index contributed by atoms with van der Waals surface area (Å²) in [7, 11) is -3.00. The molecule has 1 fully saturated rings. The Labute approximate surface area is 60.0 Å². The van der Waals surface area contributed by atoms with Crippen LogP contribution in [0.5, 0.6) is 0 Å². The molecule has 1 atom stereocenters. The molecule has 0 aromatic carbocycles. The second-order valence-corrected chi connectivity index (χ2v) is 4.95. The molecule has 1 rings (SSSR count). The van der Waals surface area contributed by atoms with Crippen LogP contribution in [0.4, 0.5) is 0 Å². The van der Waals surface area contributed by atoms with Crippen molar-refractivity contribution >= 4 is 9.84 Å². The van der Waals surface area contributed by atoms with Crippen LogP contribution >= 0.6 is 0 Å². The van der Waals surface area contributed by atoms with Gasteiger partial charge in [0.25, 0.3) is 0 Å². The predicted molar refractivity (Wildman–Crippen MR) is 37.3 cm³/mol. The van der Waals surface area contributed by atoms with Crippen molar-refractivity contribution in [2.24, 2.45) is 5.73 Å². The quantitative estimate of drug-likeness (QED) is 0.495. The summed E-state index contributed by atoms with van der Waals surface area (Å²) in [5.74, 6) is -0.100. The molecular formula is C5H11NO3S. The monoisotopic (exact) mass is 165 g/mol. The van der Waals surface area contributed by atoms with Gasteiger partial charge in [0.2, 0.25) is 0 Å². The van der Waals surface area contributed by atoms with Crippen molar-refractivity contribution in [2.75, 3.05) is 18.1 Å². The molecule has 1 saturated heterocycles. The maximum atomic E-state index is 10.8. The maximum absolute atomic E-state index is 10.8. The molecule has 1 aliphatic heterocycles. The maximum Gasteiger partial charge on any atom is 0.153 e. The van der Waals surface area contributed by atoms with Gasteiger partial charge >= 0.3 is 0 Å². The normalized spacial score (nSPS) is 38.2. The van der Waals surface area contributed by atoms with Gasteiger partial charge in [0.15, 0.2) is 9.84 Å². The largest absolute Gasteiger partial charge is 0.387 e. The second kappa shape index (κ2) is 2.18. The third-order valence-electron chi connectivity index (χ3n) is 1.75. The lowest BCUT2D eigenvalue weighted by atomic mass is 10.1. The Morgan fingerprint density at radius 2 is 2.20 bits per heavy atom. The van der Waals surface area contributed by atoms with E-state index in [9.17, 15) is 13.5 Å². The van der Waals surface area contributed by atoms with E-state index in [1.807, 2.05) is 0 Å². The van der Waals surface area contributed by atoms with Gasteiger partial charge < -0.3 is 10.8 Å². The molecule has 0 aliphatic carbocycles. The highest BCUT2D eigenvalue weighted by molar-refractivity contribution is 7.91. The van der Waals surface area contributed by atoms with Crippen molar-refractivity contribution in [1.29, 1.82) is 0 Å². The zero-order valence-corrected chi connectivity index (χ0v) is 6.39. The molecule has 0 bridgehead atoms. The van der Waals surface area contributed by atoms with E-state index in [2.05, 4.69) is 0 Å². The summed E-state index contributed by atoms with van der Waals surface area (Å²) >= 11 is 0. The Balaban J connectivity index is 2.76. The molecule has 0 saturated carbocycles. The second-order valence-electron chi connectivity index (χ2n) is 2.77. The number of nitrogens with two attached hydrogens (primary N) is 1. The Morgan fingerprint density at radius 3 is 2.40 bits per heavy atom. The number of hydrogen-bond donors (Lipinski definition) is 2. The number of hydrogen-bond acceptors (Lipinski definition) is 4. The minimum atomic E-state index is -3.00. The molecule has 1 heterocycles. The summed E-state index contributed by atoms with van der Waals surface area (Å²) in [6.07, 6.45) is 0.284. The first-order valence-electron chi connectivity index (χ1n) is 3.10. The van der Waals surface area contributed by atoms with Crippen molar-refractivity contribution in [2.45, 2.75) is 12.0 Å². The van der Waals surface area contributed by atoms with Crippen molar-refractivity contribution in [3.8, 4) is 0 Å². The van der Waals surface area contributed by atoms with Gasteiger partial charge in [-0.05, 0) is 6.42 Å². The average molecular weight is 165 g/mol. The number of aliphatic hydroxyl groups is 1. The SMILES string of the molecule is NCC1(O)CCS(=O)(=O)C1. The molecule has 4 nitrogen and oxygen atoms in total. The molecule has 1 unspecified atom stereocenters. The fourth-order valence-electron chi connectivity index (χ4n) is 1.06. The molecule has 1 aliphatic rings. The third kappa shape index (κ3) is 1.47. The van der Waals surface area contributed by atoms with E-state index in [4.69, 9.17) is 5.73 Å². The molecule has 5 heteroatoms. The first-order chi connectivity index (χ1) is 4.47. The van der Waals surface area contributed by atoms with Crippen LogP contribution in [-0.4, -0.2) is 37.2 Å². The highest BCUT2D eigenvalue weighted by atomic mass is 32.2. The fourth-order valence-corrected chi connectivity index (χ4v) is 2.98. The van der Waals surface area contributed by atoms with Crippen molar-refractivity contribution in [1.82, 2.24) is 0 Å². The topological polar surface area (TPSA) is 80.4 Å². The number of rotatable bonds is 1. The van der Waals surface area contributed by atoms with Gasteiger partial charge in [0.1, 0.15) is 0 Å². The van der Waals surface area contributed by atoms with Crippen LogP contribution in [0, 0.1) is 0 Å². The van der Waals surface area contributed by atoms with Crippen LogP contribution in [-0.2, 0) is 9.84 Å².